The Morgan fingerprint density at radius 1 is 0.703 bits per heavy atom. The third-order valence-electron chi connectivity index (χ3n) is 5.87. The van der Waals surface area contributed by atoms with Gasteiger partial charge in [-0.1, -0.05) is 93.7 Å². The third-order valence-corrected chi connectivity index (χ3v) is 6.75. The van der Waals surface area contributed by atoms with E-state index in [9.17, 15) is 0 Å². The predicted octanol–water partition coefficient (Wildman–Crippen LogP) is 4.58. The molecule has 0 aromatic heterocycles. The third kappa shape index (κ3) is 8.97. The van der Waals surface area contributed by atoms with Crippen LogP contribution in [0, 0.1) is 0 Å². The lowest BCUT2D eigenvalue weighted by atomic mass is 9.97. The lowest BCUT2D eigenvalue weighted by Crippen LogP contribution is -2.64. The molecule has 2 aromatic carbocycles. The molecule has 2 fully saturated rings. The van der Waals surface area contributed by atoms with E-state index in [1.807, 2.05) is 60.7 Å². The van der Waals surface area contributed by atoms with Crippen molar-refractivity contribution in [1.82, 2.24) is 0 Å². The molecule has 4 rings (SSSR count). The van der Waals surface area contributed by atoms with E-state index in [0.717, 1.165) is 14.4 Å². The molecule has 204 valence electrons. The van der Waals surface area contributed by atoms with Gasteiger partial charge in [0.2, 0.25) is 6.29 Å². The average Bonchev–Trinajstić information content (AvgIpc) is 2.94. The van der Waals surface area contributed by atoms with Crippen molar-refractivity contribution >= 4 is 45.2 Å². The van der Waals surface area contributed by atoms with E-state index < -0.39 is 30.9 Å². The highest BCUT2D eigenvalue weighted by Gasteiger charge is 2.52. The van der Waals surface area contributed by atoms with E-state index in [1.165, 1.54) is 0 Å². The average molecular weight is 740 g/mol. The van der Waals surface area contributed by atoms with Gasteiger partial charge in [0.1, 0.15) is 30.2 Å². The van der Waals surface area contributed by atoms with Crippen molar-refractivity contribution in [2.75, 3.05) is 55.1 Å². The number of hydrogen-bond donors (Lipinski definition) is 0. The number of fused-ring (bicyclic) bond motifs is 1. The number of ether oxygens (including phenoxy) is 8. The Hall–Kier alpha value is -0.580. The van der Waals surface area contributed by atoms with Gasteiger partial charge in [0.15, 0.2) is 6.29 Å². The molecule has 0 radical (unpaired) electrons. The Morgan fingerprint density at radius 3 is 1.97 bits per heavy atom. The normalized spacial score (nSPS) is 27.5. The summed E-state index contributed by atoms with van der Waals surface area (Å²) in [6.45, 7) is 3.41. The van der Waals surface area contributed by atoms with Gasteiger partial charge in [0, 0.05) is 14.4 Å². The summed E-state index contributed by atoms with van der Waals surface area (Å²) in [5.74, 6) is 0.685. The van der Waals surface area contributed by atoms with Gasteiger partial charge in [-0.15, -0.1) is 0 Å². The number of hydrogen-bond acceptors (Lipinski definition) is 8. The van der Waals surface area contributed by atoms with Crippen LogP contribution in [0.25, 0.3) is 0 Å². The van der Waals surface area contributed by atoms with Crippen molar-refractivity contribution in [3.8, 4) is 5.75 Å². The molecule has 0 saturated carbocycles. The Kier molecular flexibility index (Phi) is 13.1. The van der Waals surface area contributed by atoms with Crippen LogP contribution in [0.3, 0.4) is 0 Å². The van der Waals surface area contributed by atoms with Crippen LogP contribution in [0.15, 0.2) is 60.7 Å². The van der Waals surface area contributed by atoms with Crippen molar-refractivity contribution in [3.63, 3.8) is 0 Å². The largest absolute Gasteiger partial charge is 0.462 e. The predicted molar refractivity (Wildman–Crippen MR) is 155 cm³/mol. The minimum absolute atomic E-state index is 0.343. The Bertz CT molecular complexity index is 877. The summed E-state index contributed by atoms with van der Waals surface area (Å²) in [6.07, 6.45) is -3.05. The molecular weight excluding hydrogens is 706 g/mol. The molecule has 0 N–H and O–H groups in total. The van der Waals surface area contributed by atoms with Gasteiger partial charge in [0.25, 0.3) is 0 Å². The standard InChI is InChI=1S/C27H34I2O8/c28-11-13-30-15-17-32-24-23-22(19-34-26(37-23)20-7-3-1-4-8-20)36-27(35-21-9-5-2-6-10-21)25(24)33-18-16-31-14-12-29/h1-10,22-27H,11-19H2/t22-,23-,24+,25-,26?,27-/m1/s1. The summed E-state index contributed by atoms with van der Waals surface area (Å²) in [6, 6.07) is 19.4. The van der Waals surface area contributed by atoms with Crippen LogP contribution >= 0.6 is 45.2 Å². The van der Waals surface area contributed by atoms with Gasteiger partial charge < -0.3 is 37.9 Å². The second-order valence-electron chi connectivity index (χ2n) is 8.42. The molecule has 6 atom stereocenters. The zero-order chi connectivity index (χ0) is 25.7. The van der Waals surface area contributed by atoms with Crippen LogP contribution in [0.1, 0.15) is 11.9 Å². The first-order valence-corrected chi connectivity index (χ1v) is 15.5. The highest BCUT2D eigenvalue weighted by molar-refractivity contribution is 14.1. The van der Waals surface area contributed by atoms with Crippen molar-refractivity contribution in [2.45, 2.75) is 37.0 Å². The zero-order valence-electron chi connectivity index (χ0n) is 20.6. The van der Waals surface area contributed by atoms with E-state index in [2.05, 4.69) is 45.2 Å². The van der Waals surface area contributed by atoms with Crippen LogP contribution in [-0.4, -0.2) is 85.8 Å². The fourth-order valence-electron chi connectivity index (χ4n) is 4.22. The molecule has 0 aliphatic carbocycles. The van der Waals surface area contributed by atoms with E-state index in [0.29, 0.717) is 52.0 Å². The Balaban J connectivity index is 1.52. The summed E-state index contributed by atoms with van der Waals surface area (Å²) in [5, 5.41) is 0. The molecule has 0 amide bonds. The van der Waals surface area contributed by atoms with Crippen molar-refractivity contribution in [3.05, 3.63) is 66.2 Å². The SMILES string of the molecule is ICCOCCO[C@@H]1[C@@H](OCCOCCI)[C@H](Oc2ccccc2)O[C@@H]2COC(c3ccccc3)O[C@@H]12. The summed E-state index contributed by atoms with van der Waals surface area (Å²) in [7, 11) is 0. The monoisotopic (exact) mass is 740 g/mol. The molecule has 2 heterocycles. The second-order valence-corrected chi connectivity index (χ2v) is 10.6. The molecule has 8 nitrogen and oxygen atoms in total. The number of alkyl halides is 2. The van der Waals surface area contributed by atoms with Gasteiger partial charge in [0.05, 0.1) is 46.2 Å². The smallest absolute Gasteiger partial charge is 0.229 e. The molecule has 2 aromatic rings. The van der Waals surface area contributed by atoms with Crippen LogP contribution in [0.2, 0.25) is 0 Å². The highest BCUT2D eigenvalue weighted by atomic mass is 127. The van der Waals surface area contributed by atoms with E-state index in [1.54, 1.807) is 0 Å². The maximum absolute atomic E-state index is 6.46. The summed E-state index contributed by atoms with van der Waals surface area (Å²) in [4.78, 5) is 0. The first-order valence-electron chi connectivity index (χ1n) is 12.5. The van der Waals surface area contributed by atoms with Gasteiger partial charge >= 0.3 is 0 Å². The second kappa shape index (κ2) is 16.5. The number of benzene rings is 2. The van der Waals surface area contributed by atoms with Crippen molar-refractivity contribution < 1.29 is 37.9 Å². The number of halogens is 2. The molecule has 10 heteroatoms. The van der Waals surface area contributed by atoms with Crippen LogP contribution in [-0.2, 0) is 33.2 Å². The van der Waals surface area contributed by atoms with E-state index in [-0.39, 0.29) is 6.10 Å². The van der Waals surface area contributed by atoms with Crippen LogP contribution < -0.4 is 4.74 Å². The molecular formula is C27H34I2O8. The quantitative estimate of drug-likeness (QED) is 0.150. The van der Waals surface area contributed by atoms with Crippen molar-refractivity contribution in [2.24, 2.45) is 0 Å². The Labute approximate surface area is 245 Å². The molecule has 1 unspecified atom stereocenters. The lowest BCUT2D eigenvalue weighted by Gasteiger charge is -2.48. The first-order chi connectivity index (χ1) is 18.3. The van der Waals surface area contributed by atoms with Gasteiger partial charge in [-0.2, -0.15) is 0 Å². The minimum Gasteiger partial charge on any atom is -0.462 e. The van der Waals surface area contributed by atoms with E-state index in [4.69, 9.17) is 37.9 Å². The first kappa shape index (κ1) is 29.4. The van der Waals surface area contributed by atoms with Crippen LogP contribution in [0.5, 0.6) is 5.75 Å². The fourth-order valence-corrected chi connectivity index (χ4v) is 4.84. The molecule has 0 bridgehead atoms. The van der Waals surface area contributed by atoms with Gasteiger partial charge in [-0.25, -0.2) is 0 Å². The lowest BCUT2D eigenvalue weighted by molar-refractivity contribution is -0.360. The summed E-state index contributed by atoms with van der Waals surface area (Å²) >= 11 is 4.58. The molecule has 2 aliphatic heterocycles. The number of rotatable bonds is 15. The topological polar surface area (TPSA) is 73.8 Å². The van der Waals surface area contributed by atoms with Crippen molar-refractivity contribution in [1.29, 1.82) is 0 Å². The molecule has 0 spiro atoms. The highest BCUT2D eigenvalue weighted by Crippen LogP contribution is 2.37. The maximum atomic E-state index is 6.46. The summed E-state index contributed by atoms with van der Waals surface area (Å²) in [5.41, 5.74) is 0.942. The fraction of sp³-hybridized carbons (Fsp3) is 0.556. The molecule has 2 aliphatic rings. The zero-order valence-corrected chi connectivity index (χ0v) is 24.9. The van der Waals surface area contributed by atoms with Crippen LogP contribution in [0.4, 0.5) is 0 Å². The molecule has 2 saturated heterocycles. The molecule has 37 heavy (non-hydrogen) atoms. The number of para-hydroxylation sites is 1. The summed E-state index contributed by atoms with van der Waals surface area (Å²) < 4.78 is 51.1. The maximum Gasteiger partial charge on any atom is 0.229 e. The Morgan fingerprint density at radius 2 is 1.32 bits per heavy atom. The van der Waals surface area contributed by atoms with Gasteiger partial charge in [-0.3, -0.25) is 0 Å². The minimum atomic E-state index is -0.714. The van der Waals surface area contributed by atoms with Gasteiger partial charge in [-0.05, 0) is 12.1 Å². The van der Waals surface area contributed by atoms with E-state index >= 15 is 0 Å².